The van der Waals surface area contributed by atoms with Gasteiger partial charge in [-0.15, -0.1) is 0 Å². The van der Waals surface area contributed by atoms with Crippen LogP contribution in [0.5, 0.6) is 0 Å². The minimum atomic E-state index is 0.605. The minimum absolute atomic E-state index is 0.605. The van der Waals surface area contributed by atoms with Gasteiger partial charge in [0, 0.05) is 11.9 Å². The zero-order valence-electron chi connectivity index (χ0n) is 11.1. The summed E-state index contributed by atoms with van der Waals surface area (Å²) in [5.41, 5.74) is 0. The second-order valence-corrected chi connectivity index (χ2v) is 5.46. The molecule has 4 nitrogen and oxygen atoms in total. The average Bonchev–Trinajstić information content (AvgIpc) is 2.70. The second-order valence-electron chi connectivity index (χ2n) is 4.66. The summed E-state index contributed by atoms with van der Waals surface area (Å²) in [5, 5.41) is 5.35. The van der Waals surface area contributed by atoms with Gasteiger partial charge in [-0.25, -0.2) is 9.67 Å². The van der Waals surface area contributed by atoms with Crippen LogP contribution in [0, 0.1) is 5.92 Å². The fraction of sp³-hybridized carbons (Fsp3) is 0.833. The van der Waals surface area contributed by atoms with Crippen molar-refractivity contribution >= 4 is 15.9 Å². The molecule has 0 fully saturated rings. The fourth-order valence-electron chi connectivity index (χ4n) is 1.74. The van der Waals surface area contributed by atoms with E-state index in [-0.39, 0.29) is 0 Å². The molecule has 0 saturated heterocycles. The third kappa shape index (κ3) is 5.17. The van der Waals surface area contributed by atoms with Gasteiger partial charge in [-0.05, 0) is 25.4 Å². The quantitative estimate of drug-likeness (QED) is 0.692. The van der Waals surface area contributed by atoms with Crippen LogP contribution in [0.1, 0.15) is 33.0 Å². The van der Waals surface area contributed by atoms with E-state index in [4.69, 9.17) is 0 Å². The van der Waals surface area contributed by atoms with Gasteiger partial charge in [0.15, 0.2) is 0 Å². The Morgan fingerprint density at radius 3 is 2.82 bits per heavy atom. The van der Waals surface area contributed by atoms with Crippen LogP contribution in [-0.2, 0) is 13.1 Å². The standard InChI is InChI=1S/C12H23BrN4/c1-4-16(7-5-6-13)9-12-14-10-15-17(12)8-11(2)3/h10-11H,4-9H2,1-3H3. The molecule has 98 valence electrons. The molecule has 1 heterocycles. The summed E-state index contributed by atoms with van der Waals surface area (Å²) in [6.45, 7) is 10.6. The van der Waals surface area contributed by atoms with E-state index in [1.807, 2.05) is 4.68 Å². The van der Waals surface area contributed by atoms with Crippen LogP contribution in [0.3, 0.4) is 0 Å². The highest BCUT2D eigenvalue weighted by Crippen LogP contribution is 2.05. The predicted molar refractivity (Wildman–Crippen MR) is 74.2 cm³/mol. The molecule has 0 aliphatic heterocycles. The zero-order valence-corrected chi connectivity index (χ0v) is 12.7. The summed E-state index contributed by atoms with van der Waals surface area (Å²) in [5.74, 6) is 1.68. The number of hydrogen-bond acceptors (Lipinski definition) is 3. The predicted octanol–water partition coefficient (Wildman–Crippen LogP) is 2.54. The highest BCUT2D eigenvalue weighted by molar-refractivity contribution is 9.09. The van der Waals surface area contributed by atoms with Gasteiger partial charge in [-0.1, -0.05) is 36.7 Å². The SMILES string of the molecule is CCN(CCCBr)Cc1ncnn1CC(C)C. The molecule has 0 N–H and O–H groups in total. The summed E-state index contributed by atoms with van der Waals surface area (Å²) in [6, 6.07) is 0. The lowest BCUT2D eigenvalue weighted by Gasteiger charge is -2.19. The number of alkyl halides is 1. The first-order valence-electron chi connectivity index (χ1n) is 6.32. The molecule has 0 amide bonds. The average molecular weight is 303 g/mol. The van der Waals surface area contributed by atoms with Gasteiger partial charge in [-0.2, -0.15) is 5.10 Å². The van der Waals surface area contributed by atoms with Gasteiger partial charge in [0.25, 0.3) is 0 Å². The van der Waals surface area contributed by atoms with Gasteiger partial charge < -0.3 is 0 Å². The van der Waals surface area contributed by atoms with Crippen molar-refractivity contribution < 1.29 is 0 Å². The Morgan fingerprint density at radius 1 is 1.47 bits per heavy atom. The Balaban J connectivity index is 2.56. The van der Waals surface area contributed by atoms with Crippen LogP contribution in [0.2, 0.25) is 0 Å². The maximum Gasteiger partial charge on any atom is 0.141 e. The molecule has 17 heavy (non-hydrogen) atoms. The minimum Gasteiger partial charge on any atom is -0.296 e. The molecule has 0 aliphatic rings. The van der Waals surface area contributed by atoms with E-state index in [2.05, 4.69) is 51.7 Å². The van der Waals surface area contributed by atoms with Crippen LogP contribution in [0.15, 0.2) is 6.33 Å². The maximum absolute atomic E-state index is 4.36. The summed E-state index contributed by atoms with van der Waals surface area (Å²) in [4.78, 5) is 6.77. The maximum atomic E-state index is 4.36. The fourth-order valence-corrected chi connectivity index (χ4v) is 1.99. The van der Waals surface area contributed by atoms with Crippen molar-refractivity contribution in [1.82, 2.24) is 19.7 Å². The Labute approximate surface area is 113 Å². The van der Waals surface area contributed by atoms with Crippen LogP contribution >= 0.6 is 15.9 Å². The second kappa shape index (κ2) is 7.82. The Bertz CT molecular complexity index is 311. The van der Waals surface area contributed by atoms with Crippen molar-refractivity contribution in [2.24, 2.45) is 5.92 Å². The van der Waals surface area contributed by atoms with E-state index in [9.17, 15) is 0 Å². The van der Waals surface area contributed by atoms with E-state index in [0.29, 0.717) is 5.92 Å². The Kier molecular flexibility index (Phi) is 6.73. The van der Waals surface area contributed by atoms with E-state index in [1.54, 1.807) is 6.33 Å². The van der Waals surface area contributed by atoms with Crippen molar-refractivity contribution in [2.45, 2.75) is 40.3 Å². The third-order valence-electron chi connectivity index (χ3n) is 2.65. The van der Waals surface area contributed by atoms with Crippen molar-refractivity contribution in [3.05, 3.63) is 12.2 Å². The number of aromatic nitrogens is 3. The van der Waals surface area contributed by atoms with Crippen LogP contribution in [0.25, 0.3) is 0 Å². The molecule has 0 spiro atoms. The molecular weight excluding hydrogens is 280 g/mol. The van der Waals surface area contributed by atoms with Gasteiger partial charge in [0.05, 0.1) is 6.54 Å². The molecule has 0 aliphatic carbocycles. The smallest absolute Gasteiger partial charge is 0.141 e. The van der Waals surface area contributed by atoms with Crippen LogP contribution < -0.4 is 0 Å². The van der Waals surface area contributed by atoms with Gasteiger partial charge in [0.2, 0.25) is 0 Å². The van der Waals surface area contributed by atoms with E-state index in [1.165, 1.54) is 6.42 Å². The first-order chi connectivity index (χ1) is 8.17. The van der Waals surface area contributed by atoms with E-state index >= 15 is 0 Å². The summed E-state index contributed by atoms with van der Waals surface area (Å²) in [7, 11) is 0. The first-order valence-corrected chi connectivity index (χ1v) is 7.44. The Morgan fingerprint density at radius 2 is 2.24 bits per heavy atom. The molecule has 0 saturated carbocycles. The molecule has 0 atom stereocenters. The monoisotopic (exact) mass is 302 g/mol. The van der Waals surface area contributed by atoms with E-state index < -0.39 is 0 Å². The summed E-state index contributed by atoms with van der Waals surface area (Å²) >= 11 is 3.47. The molecular formula is C12H23BrN4. The van der Waals surface area contributed by atoms with Gasteiger partial charge >= 0.3 is 0 Å². The molecule has 1 aromatic heterocycles. The first kappa shape index (κ1) is 14.6. The molecule has 1 rings (SSSR count). The van der Waals surface area contributed by atoms with Crippen molar-refractivity contribution in [2.75, 3.05) is 18.4 Å². The summed E-state index contributed by atoms with van der Waals surface area (Å²) < 4.78 is 2.03. The highest BCUT2D eigenvalue weighted by Gasteiger charge is 2.10. The normalized spacial score (nSPS) is 11.6. The Hall–Kier alpha value is -0.420. The van der Waals surface area contributed by atoms with Crippen LogP contribution in [0.4, 0.5) is 0 Å². The largest absolute Gasteiger partial charge is 0.296 e. The molecule has 0 aromatic carbocycles. The molecule has 1 aromatic rings. The van der Waals surface area contributed by atoms with Crippen molar-refractivity contribution in [3.8, 4) is 0 Å². The topological polar surface area (TPSA) is 34.0 Å². The molecule has 5 heteroatoms. The lowest BCUT2D eigenvalue weighted by atomic mass is 10.2. The zero-order chi connectivity index (χ0) is 12.7. The van der Waals surface area contributed by atoms with Crippen LogP contribution in [-0.4, -0.2) is 38.1 Å². The van der Waals surface area contributed by atoms with Crippen molar-refractivity contribution in [3.63, 3.8) is 0 Å². The third-order valence-corrected chi connectivity index (χ3v) is 3.21. The van der Waals surface area contributed by atoms with Gasteiger partial charge in [-0.3, -0.25) is 4.90 Å². The number of hydrogen-bond donors (Lipinski definition) is 0. The number of halogens is 1. The number of rotatable bonds is 8. The summed E-state index contributed by atoms with van der Waals surface area (Å²) in [6.07, 6.45) is 2.84. The number of nitrogens with zero attached hydrogens (tertiary/aromatic N) is 4. The molecule has 0 radical (unpaired) electrons. The lowest BCUT2D eigenvalue weighted by Crippen LogP contribution is -2.26. The van der Waals surface area contributed by atoms with E-state index in [0.717, 1.165) is 37.3 Å². The lowest BCUT2D eigenvalue weighted by molar-refractivity contribution is 0.266. The molecule has 0 bridgehead atoms. The van der Waals surface area contributed by atoms with Crippen molar-refractivity contribution in [1.29, 1.82) is 0 Å². The highest BCUT2D eigenvalue weighted by atomic mass is 79.9. The van der Waals surface area contributed by atoms with Gasteiger partial charge in [0.1, 0.15) is 12.2 Å². The molecule has 0 unspecified atom stereocenters.